The Morgan fingerprint density at radius 3 is 2.71 bits per heavy atom. The molecule has 114 valence electrons. The lowest BCUT2D eigenvalue weighted by Crippen LogP contribution is -2.48. The number of aryl methyl sites for hydroxylation is 1. The van der Waals surface area contributed by atoms with E-state index in [4.69, 9.17) is 9.47 Å². The molecule has 6 heteroatoms. The second kappa shape index (κ2) is 3.87. The number of hydrogen-bond acceptors (Lipinski definition) is 4. The summed E-state index contributed by atoms with van der Waals surface area (Å²) in [5.74, 6) is 0.245. The second-order valence-corrected chi connectivity index (χ2v) is 6.60. The first-order chi connectivity index (χ1) is 9.94. The van der Waals surface area contributed by atoms with Crippen LogP contribution in [0.2, 0.25) is 0 Å². The van der Waals surface area contributed by atoms with Crippen molar-refractivity contribution in [2.24, 2.45) is 5.92 Å². The Morgan fingerprint density at radius 2 is 2.10 bits per heavy atom. The van der Waals surface area contributed by atoms with E-state index in [0.717, 1.165) is 19.3 Å². The normalized spacial score (nSPS) is 39.1. The minimum Gasteiger partial charge on any atom is -0.364 e. The molecule has 4 atom stereocenters. The van der Waals surface area contributed by atoms with Gasteiger partial charge in [0.15, 0.2) is 6.23 Å². The van der Waals surface area contributed by atoms with Gasteiger partial charge in [0.25, 0.3) is 5.56 Å². The molecule has 3 fully saturated rings. The van der Waals surface area contributed by atoms with Crippen molar-refractivity contribution < 1.29 is 9.47 Å². The SMILES string of the molecule is CC[C@]12O[C@@H](n3cc(C)c(=O)[nH]c3=O)[C@@H](OC13CC3)C2C. The fourth-order valence-corrected chi connectivity index (χ4v) is 4.32. The summed E-state index contributed by atoms with van der Waals surface area (Å²) in [6, 6.07) is 0. The summed E-state index contributed by atoms with van der Waals surface area (Å²) < 4.78 is 14.1. The first kappa shape index (κ1) is 13.3. The predicted molar refractivity (Wildman–Crippen MR) is 75.2 cm³/mol. The summed E-state index contributed by atoms with van der Waals surface area (Å²) in [5, 5.41) is 0. The van der Waals surface area contributed by atoms with Crippen molar-refractivity contribution in [2.45, 2.75) is 63.6 Å². The van der Waals surface area contributed by atoms with Gasteiger partial charge in [-0.1, -0.05) is 13.8 Å². The van der Waals surface area contributed by atoms with Crippen molar-refractivity contribution in [1.82, 2.24) is 9.55 Å². The van der Waals surface area contributed by atoms with E-state index < -0.39 is 11.9 Å². The molecule has 1 saturated carbocycles. The molecular formula is C15H20N2O4. The quantitative estimate of drug-likeness (QED) is 0.885. The number of nitrogens with zero attached hydrogens (tertiary/aromatic N) is 1. The Morgan fingerprint density at radius 1 is 1.38 bits per heavy atom. The van der Waals surface area contributed by atoms with E-state index in [-0.39, 0.29) is 28.8 Å². The van der Waals surface area contributed by atoms with Crippen LogP contribution >= 0.6 is 0 Å². The maximum absolute atomic E-state index is 12.1. The molecule has 1 unspecified atom stereocenters. The minimum atomic E-state index is -0.450. The highest BCUT2D eigenvalue weighted by Crippen LogP contribution is 2.67. The van der Waals surface area contributed by atoms with Crippen LogP contribution in [0, 0.1) is 12.8 Å². The van der Waals surface area contributed by atoms with E-state index in [2.05, 4.69) is 18.8 Å². The van der Waals surface area contributed by atoms with Crippen molar-refractivity contribution in [3.8, 4) is 0 Å². The van der Waals surface area contributed by atoms with Crippen LogP contribution in [0.1, 0.15) is 44.9 Å². The van der Waals surface area contributed by atoms with Gasteiger partial charge < -0.3 is 9.47 Å². The number of nitrogens with one attached hydrogen (secondary N) is 1. The monoisotopic (exact) mass is 292 g/mol. The molecule has 3 aliphatic rings. The summed E-state index contributed by atoms with van der Waals surface area (Å²) >= 11 is 0. The Bertz CT molecular complexity index is 717. The molecule has 1 spiro atoms. The molecule has 3 heterocycles. The van der Waals surface area contributed by atoms with Gasteiger partial charge in [0.05, 0.1) is 5.60 Å². The summed E-state index contributed by atoms with van der Waals surface area (Å²) in [7, 11) is 0. The van der Waals surface area contributed by atoms with Gasteiger partial charge in [0.1, 0.15) is 11.7 Å². The largest absolute Gasteiger partial charge is 0.364 e. The van der Waals surface area contributed by atoms with Gasteiger partial charge >= 0.3 is 5.69 Å². The molecule has 1 aromatic rings. The predicted octanol–water partition coefficient (Wildman–Crippen LogP) is 1.09. The van der Waals surface area contributed by atoms with Crippen LogP contribution < -0.4 is 11.2 Å². The number of aromatic amines is 1. The first-order valence-corrected chi connectivity index (χ1v) is 7.62. The van der Waals surface area contributed by atoms with Crippen LogP contribution in [-0.4, -0.2) is 26.9 Å². The van der Waals surface area contributed by atoms with Crippen molar-refractivity contribution in [2.75, 3.05) is 0 Å². The topological polar surface area (TPSA) is 73.3 Å². The van der Waals surface area contributed by atoms with Crippen LogP contribution in [0.15, 0.2) is 15.8 Å². The van der Waals surface area contributed by atoms with Crippen LogP contribution in [-0.2, 0) is 9.47 Å². The molecular weight excluding hydrogens is 272 g/mol. The Labute approximate surface area is 122 Å². The summed E-state index contributed by atoms with van der Waals surface area (Å²) in [5.41, 5.74) is -0.720. The Hall–Kier alpha value is -1.40. The van der Waals surface area contributed by atoms with Crippen molar-refractivity contribution >= 4 is 0 Å². The van der Waals surface area contributed by atoms with Gasteiger partial charge in [-0.3, -0.25) is 14.3 Å². The molecule has 6 nitrogen and oxygen atoms in total. The smallest absolute Gasteiger partial charge is 0.330 e. The van der Waals surface area contributed by atoms with E-state index in [9.17, 15) is 9.59 Å². The average molecular weight is 292 g/mol. The van der Waals surface area contributed by atoms with E-state index >= 15 is 0 Å². The minimum absolute atomic E-state index is 0.129. The van der Waals surface area contributed by atoms with Crippen LogP contribution in [0.5, 0.6) is 0 Å². The van der Waals surface area contributed by atoms with E-state index in [1.165, 1.54) is 4.57 Å². The summed E-state index contributed by atoms with van der Waals surface area (Å²) in [6.07, 6.45) is 3.94. The van der Waals surface area contributed by atoms with Crippen LogP contribution in [0.25, 0.3) is 0 Å². The molecule has 0 radical (unpaired) electrons. The molecule has 4 rings (SSSR count). The number of fused-ring (bicyclic) bond motifs is 3. The third-order valence-corrected chi connectivity index (χ3v) is 5.62. The number of ether oxygens (including phenoxy) is 2. The van der Waals surface area contributed by atoms with E-state index in [1.54, 1.807) is 13.1 Å². The molecule has 21 heavy (non-hydrogen) atoms. The lowest BCUT2D eigenvalue weighted by Gasteiger charge is -2.38. The molecule has 2 saturated heterocycles. The zero-order chi connectivity index (χ0) is 15.0. The third-order valence-electron chi connectivity index (χ3n) is 5.62. The van der Waals surface area contributed by atoms with Gasteiger partial charge in [-0.05, 0) is 26.2 Å². The molecule has 0 aromatic carbocycles. The zero-order valence-corrected chi connectivity index (χ0v) is 12.5. The third kappa shape index (κ3) is 1.44. The van der Waals surface area contributed by atoms with Gasteiger partial charge in [-0.15, -0.1) is 0 Å². The average Bonchev–Trinajstić information content (AvgIpc) is 3.12. The van der Waals surface area contributed by atoms with E-state index in [1.807, 2.05) is 0 Å². The lowest BCUT2D eigenvalue weighted by molar-refractivity contribution is -0.225. The van der Waals surface area contributed by atoms with Gasteiger partial charge in [0, 0.05) is 17.7 Å². The summed E-state index contributed by atoms with van der Waals surface area (Å²) in [4.78, 5) is 26.0. The fourth-order valence-electron chi connectivity index (χ4n) is 4.32. The highest BCUT2D eigenvalue weighted by atomic mass is 16.6. The number of H-pyrrole nitrogens is 1. The van der Waals surface area contributed by atoms with Crippen molar-refractivity contribution in [3.05, 3.63) is 32.6 Å². The van der Waals surface area contributed by atoms with Crippen molar-refractivity contribution in [3.63, 3.8) is 0 Å². The zero-order valence-electron chi connectivity index (χ0n) is 12.5. The number of hydrogen-bond donors (Lipinski definition) is 1. The van der Waals surface area contributed by atoms with Crippen molar-refractivity contribution in [1.29, 1.82) is 0 Å². The highest BCUT2D eigenvalue weighted by molar-refractivity contribution is 5.23. The highest BCUT2D eigenvalue weighted by Gasteiger charge is 2.76. The molecule has 1 N–H and O–H groups in total. The van der Waals surface area contributed by atoms with Gasteiger partial charge in [0.2, 0.25) is 0 Å². The second-order valence-electron chi connectivity index (χ2n) is 6.60. The van der Waals surface area contributed by atoms with Gasteiger partial charge in [-0.2, -0.15) is 0 Å². The summed E-state index contributed by atoms with van der Waals surface area (Å²) in [6.45, 7) is 5.95. The number of aromatic nitrogens is 2. The molecule has 2 bridgehead atoms. The van der Waals surface area contributed by atoms with Crippen LogP contribution in [0.4, 0.5) is 0 Å². The standard InChI is InChI=1S/C15H20N2O4/c1-4-15-9(3)10(20-14(15)5-6-14)12(21-15)17-7-8(2)11(18)16-13(17)19/h7,9-10,12H,4-6H2,1-3H3,(H,16,18,19)/t9?,10-,12+,15+/m0/s1. The maximum Gasteiger partial charge on any atom is 0.330 e. The van der Waals surface area contributed by atoms with Crippen LogP contribution in [0.3, 0.4) is 0 Å². The molecule has 1 aliphatic carbocycles. The number of rotatable bonds is 2. The Balaban J connectivity index is 1.79. The lowest BCUT2D eigenvalue weighted by atomic mass is 9.82. The maximum atomic E-state index is 12.1. The molecule has 1 aromatic heterocycles. The fraction of sp³-hybridized carbons (Fsp3) is 0.733. The molecule has 0 amide bonds. The van der Waals surface area contributed by atoms with Gasteiger partial charge in [-0.25, -0.2) is 4.79 Å². The molecule has 2 aliphatic heterocycles. The Kier molecular flexibility index (Phi) is 2.44. The van der Waals surface area contributed by atoms with E-state index in [0.29, 0.717) is 5.56 Å². The first-order valence-electron chi connectivity index (χ1n) is 7.62.